The minimum absolute atomic E-state index is 0.298. The third kappa shape index (κ3) is 2.82. The molecule has 0 aliphatic carbocycles. The van der Waals surface area contributed by atoms with Crippen LogP contribution in [0.1, 0.15) is 59.9 Å². The lowest BCUT2D eigenvalue weighted by Crippen LogP contribution is -2.07. The van der Waals surface area contributed by atoms with Crippen molar-refractivity contribution in [1.82, 2.24) is 4.98 Å². The van der Waals surface area contributed by atoms with Crippen LogP contribution in [0.25, 0.3) is 0 Å². The number of esters is 1. The Bertz CT molecular complexity index is 356. The average molecular weight is 241 g/mol. The molecule has 0 bridgehead atoms. The molecule has 3 nitrogen and oxygen atoms in total. The zero-order valence-corrected chi connectivity index (χ0v) is 11.2. The molecule has 0 aliphatic heterocycles. The van der Waals surface area contributed by atoms with Crippen LogP contribution in [0.2, 0.25) is 0 Å². The summed E-state index contributed by atoms with van der Waals surface area (Å²) >= 11 is 1.61. The van der Waals surface area contributed by atoms with Crippen molar-refractivity contribution in [2.45, 2.75) is 46.5 Å². The number of ether oxygens (including phenoxy) is 1. The van der Waals surface area contributed by atoms with Crippen LogP contribution in [0.5, 0.6) is 0 Å². The van der Waals surface area contributed by atoms with Crippen LogP contribution in [0.15, 0.2) is 0 Å². The summed E-state index contributed by atoms with van der Waals surface area (Å²) < 4.78 is 4.97. The molecule has 0 saturated carbocycles. The quantitative estimate of drug-likeness (QED) is 0.740. The van der Waals surface area contributed by atoms with E-state index in [4.69, 9.17) is 4.74 Å². The number of carbonyl (C=O) groups excluding carboxylic acids is 1. The minimum Gasteiger partial charge on any atom is -0.461 e. The molecule has 1 rings (SSSR count). The zero-order chi connectivity index (χ0) is 12.1. The molecule has 0 unspecified atom stereocenters. The molecule has 0 N–H and O–H groups in total. The lowest BCUT2D eigenvalue weighted by molar-refractivity contribution is 0.0519. The maximum Gasteiger partial charge on any atom is 0.358 e. The predicted octanol–water partition coefficient (Wildman–Crippen LogP) is 3.53. The van der Waals surface area contributed by atoms with E-state index in [0.29, 0.717) is 18.2 Å². The molecule has 0 aromatic carbocycles. The average Bonchev–Trinajstić information content (AvgIpc) is 2.63. The Labute approximate surface area is 101 Å². The van der Waals surface area contributed by atoms with E-state index in [1.54, 1.807) is 18.3 Å². The number of hydrogen-bond donors (Lipinski definition) is 0. The molecule has 1 aromatic rings. The van der Waals surface area contributed by atoms with Crippen LogP contribution >= 0.6 is 11.3 Å². The first kappa shape index (κ1) is 13.2. The Kier molecular flexibility index (Phi) is 4.93. The number of rotatable bonds is 5. The first-order valence-electron chi connectivity index (χ1n) is 5.78. The zero-order valence-electron chi connectivity index (χ0n) is 10.4. The van der Waals surface area contributed by atoms with E-state index in [1.807, 2.05) is 6.92 Å². The van der Waals surface area contributed by atoms with E-state index in [2.05, 4.69) is 18.8 Å². The van der Waals surface area contributed by atoms with Crippen LogP contribution in [-0.4, -0.2) is 17.6 Å². The van der Waals surface area contributed by atoms with Gasteiger partial charge in [-0.05, 0) is 26.7 Å². The lowest BCUT2D eigenvalue weighted by atomic mass is 10.1. The molecule has 0 saturated heterocycles. The van der Waals surface area contributed by atoms with E-state index < -0.39 is 0 Å². The predicted molar refractivity (Wildman–Crippen MR) is 66.1 cm³/mol. The summed E-state index contributed by atoms with van der Waals surface area (Å²) in [6, 6.07) is 0. The van der Waals surface area contributed by atoms with Gasteiger partial charge in [-0.3, -0.25) is 0 Å². The van der Waals surface area contributed by atoms with Crippen molar-refractivity contribution in [2.24, 2.45) is 0 Å². The molecule has 0 spiro atoms. The fraction of sp³-hybridized carbons (Fsp3) is 0.667. The number of thiazole rings is 1. The van der Waals surface area contributed by atoms with Crippen LogP contribution < -0.4 is 0 Å². The minimum atomic E-state index is -0.298. The molecule has 1 heterocycles. The van der Waals surface area contributed by atoms with Crippen LogP contribution in [0.3, 0.4) is 0 Å². The summed E-state index contributed by atoms with van der Waals surface area (Å²) in [6.45, 7) is 8.43. The molecule has 1 aromatic heterocycles. The maximum atomic E-state index is 11.6. The van der Waals surface area contributed by atoms with Crippen molar-refractivity contribution in [1.29, 1.82) is 0 Å². The van der Waals surface area contributed by atoms with E-state index in [-0.39, 0.29) is 5.97 Å². The SMILES string of the molecule is CCOC(=O)c1nc(C(CC)CC)sc1C. The summed E-state index contributed by atoms with van der Waals surface area (Å²) in [5.41, 5.74) is 0.494. The second kappa shape index (κ2) is 5.99. The van der Waals surface area contributed by atoms with Crippen molar-refractivity contribution in [2.75, 3.05) is 6.61 Å². The van der Waals surface area contributed by atoms with Crippen molar-refractivity contribution in [3.8, 4) is 0 Å². The highest BCUT2D eigenvalue weighted by molar-refractivity contribution is 7.12. The number of nitrogens with zero attached hydrogens (tertiary/aromatic N) is 1. The van der Waals surface area contributed by atoms with Gasteiger partial charge in [0.15, 0.2) is 5.69 Å². The topological polar surface area (TPSA) is 39.2 Å². The molecule has 4 heteroatoms. The van der Waals surface area contributed by atoms with Gasteiger partial charge in [0.05, 0.1) is 11.6 Å². The Morgan fingerprint density at radius 1 is 1.38 bits per heavy atom. The fourth-order valence-corrected chi connectivity index (χ4v) is 2.79. The Balaban J connectivity index is 2.92. The highest BCUT2D eigenvalue weighted by atomic mass is 32.1. The first-order chi connectivity index (χ1) is 7.63. The highest BCUT2D eigenvalue weighted by Gasteiger charge is 2.19. The number of aryl methyl sites for hydroxylation is 1. The van der Waals surface area contributed by atoms with Crippen LogP contribution in [0, 0.1) is 6.92 Å². The molecular formula is C12H19NO2S. The van der Waals surface area contributed by atoms with Crippen LogP contribution in [-0.2, 0) is 4.74 Å². The monoisotopic (exact) mass is 241 g/mol. The molecule has 0 radical (unpaired) electrons. The van der Waals surface area contributed by atoms with E-state index in [9.17, 15) is 4.79 Å². The van der Waals surface area contributed by atoms with Gasteiger partial charge in [0.25, 0.3) is 0 Å². The first-order valence-corrected chi connectivity index (χ1v) is 6.60. The molecule has 0 fully saturated rings. The molecule has 0 amide bonds. The van der Waals surface area contributed by atoms with Gasteiger partial charge in [-0.2, -0.15) is 0 Å². The van der Waals surface area contributed by atoms with Gasteiger partial charge >= 0.3 is 5.97 Å². The van der Waals surface area contributed by atoms with Gasteiger partial charge in [0.1, 0.15) is 0 Å². The third-order valence-corrected chi connectivity index (χ3v) is 3.75. The van der Waals surface area contributed by atoms with Gasteiger partial charge in [-0.25, -0.2) is 9.78 Å². The smallest absolute Gasteiger partial charge is 0.358 e. The van der Waals surface area contributed by atoms with Crippen LogP contribution in [0.4, 0.5) is 0 Å². The largest absolute Gasteiger partial charge is 0.461 e. The van der Waals surface area contributed by atoms with E-state index in [0.717, 1.165) is 22.7 Å². The van der Waals surface area contributed by atoms with Crippen molar-refractivity contribution < 1.29 is 9.53 Å². The number of carbonyl (C=O) groups is 1. The van der Waals surface area contributed by atoms with Gasteiger partial charge in [-0.1, -0.05) is 13.8 Å². The normalized spacial score (nSPS) is 10.8. The standard InChI is InChI=1S/C12H19NO2S/c1-5-9(6-2)11-13-10(8(4)16-11)12(14)15-7-3/h9H,5-7H2,1-4H3. The third-order valence-electron chi connectivity index (χ3n) is 2.62. The summed E-state index contributed by atoms with van der Waals surface area (Å²) in [4.78, 5) is 17.0. The molecular weight excluding hydrogens is 222 g/mol. The number of aromatic nitrogens is 1. The molecule has 90 valence electrons. The van der Waals surface area contributed by atoms with Crippen molar-refractivity contribution in [3.05, 3.63) is 15.6 Å². The lowest BCUT2D eigenvalue weighted by Gasteiger charge is -2.06. The maximum absolute atomic E-state index is 11.6. The summed E-state index contributed by atoms with van der Waals surface area (Å²) in [6.07, 6.45) is 2.12. The fourth-order valence-electron chi connectivity index (χ4n) is 1.62. The molecule has 0 atom stereocenters. The van der Waals surface area contributed by atoms with Crippen molar-refractivity contribution >= 4 is 17.3 Å². The van der Waals surface area contributed by atoms with E-state index in [1.165, 1.54) is 0 Å². The summed E-state index contributed by atoms with van der Waals surface area (Å²) in [5.74, 6) is 0.167. The van der Waals surface area contributed by atoms with E-state index >= 15 is 0 Å². The van der Waals surface area contributed by atoms with Gasteiger partial charge in [0, 0.05) is 10.8 Å². The molecule has 16 heavy (non-hydrogen) atoms. The van der Waals surface area contributed by atoms with Crippen molar-refractivity contribution in [3.63, 3.8) is 0 Å². The van der Waals surface area contributed by atoms with Gasteiger partial charge < -0.3 is 4.74 Å². The second-order valence-corrected chi connectivity index (χ2v) is 4.93. The molecule has 0 aliphatic rings. The van der Waals surface area contributed by atoms with Gasteiger partial charge in [-0.15, -0.1) is 11.3 Å². The summed E-state index contributed by atoms with van der Waals surface area (Å²) in [5, 5.41) is 1.06. The Morgan fingerprint density at radius 3 is 2.50 bits per heavy atom. The second-order valence-electron chi connectivity index (χ2n) is 3.69. The Hall–Kier alpha value is -0.900. The highest BCUT2D eigenvalue weighted by Crippen LogP contribution is 2.29. The van der Waals surface area contributed by atoms with Gasteiger partial charge in [0.2, 0.25) is 0 Å². The summed E-state index contributed by atoms with van der Waals surface area (Å²) in [7, 11) is 0. The number of hydrogen-bond acceptors (Lipinski definition) is 4. The Morgan fingerprint density at radius 2 is 2.00 bits per heavy atom.